The lowest BCUT2D eigenvalue weighted by Crippen LogP contribution is -2.22. The molecule has 140 valence electrons. The summed E-state index contributed by atoms with van der Waals surface area (Å²) >= 11 is 0. The molecule has 0 bridgehead atoms. The Balaban J connectivity index is 2.52. The standard InChI is InChI=1S/C18H22N2O6/c1-9(5-7-13(21)22)4-6-11-15(20-18(19)24)14-12(8-26-17(14)23)10(2)16(11)25-3/h4H,5-8H2,1-3H3,(H,21,22)(H3,19,20,24). The fourth-order valence-corrected chi connectivity index (χ4v) is 3.00. The fraction of sp³-hybridized carbons (Fsp3) is 0.389. The first-order valence-electron chi connectivity index (χ1n) is 8.09. The van der Waals surface area contributed by atoms with E-state index in [1.165, 1.54) is 7.11 Å². The molecule has 26 heavy (non-hydrogen) atoms. The van der Waals surface area contributed by atoms with E-state index in [4.69, 9.17) is 20.3 Å². The molecule has 1 heterocycles. The molecule has 0 aliphatic carbocycles. The van der Waals surface area contributed by atoms with Gasteiger partial charge in [-0.15, -0.1) is 0 Å². The SMILES string of the molecule is COc1c(C)c2c(c(NC(N)=O)c1CC=C(C)CCC(=O)O)C(=O)OC2. The minimum Gasteiger partial charge on any atom is -0.496 e. The van der Waals surface area contributed by atoms with Gasteiger partial charge in [0, 0.05) is 17.5 Å². The molecule has 0 spiro atoms. The summed E-state index contributed by atoms with van der Waals surface area (Å²) in [5, 5.41) is 11.3. The maximum atomic E-state index is 12.2. The number of hydrogen-bond donors (Lipinski definition) is 3. The first-order valence-corrected chi connectivity index (χ1v) is 8.09. The molecule has 1 aromatic carbocycles. The first kappa shape index (κ1) is 19.3. The van der Waals surface area contributed by atoms with Gasteiger partial charge in [0.1, 0.15) is 12.4 Å². The van der Waals surface area contributed by atoms with Crippen LogP contribution in [0.4, 0.5) is 10.5 Å². The molecule has 0 saturated carbocycles. The third-order valence-corrected chi connectivity index (χ3v) is 4.31. The normalized spacial score (nSPS) is 13.2. The van der Waals surface area contributed by atoms with Gasteiger partial charge in [-0.1, -0.05) is 11.6 Å². The largest absolute Gasteiger partial charge is 0.496 e. The quantitative estimate of drug-likeness (QED) is 0.505. The van der Waals surface area contributed by atoms with Gasteiger partial charge in [-0.2, -0.15) is 0 Å². The van der Waals surface area contributed by atoms with Crippen molar-refractivity contribution < 1.29 is 29.0 Å². The van der Waals surface area contributed by atoms with E-state index in [0.29, 0.717) is 29.7 Å². The van der Waals surface area contributed by atoms with Gasteiger partial charge >= 0.3 is 18.0 Å². The number of methoxy groups -OCH3 is 1. The van der Waals surface area contributed by atoms with Gasteiger partial charge in [0.2, 0.25) is 0 Å². The molecule has 2 rings (SSSR count). The van der Waals surface area contributed by atoms with Crippen LogP contribution in [0.3, 0.4) is 0 Å². The molecule has 0 fully saturated rings. The highest BCUT2D eigenvalue weighted by molar-refractivity contribution is 6.05. The fourth-order valence-electron chi connectivity index (χ4n) is 3.00. The second kappa shape index (κ2) is 7.90. The van der Waals surface area contributed by atoms with Crippen molar-refractivity contribution in [3.8, 4) is 5.75 Å². The van der Waals surface area contributed by atoms with E-state index in [-0.39, 0.29) is 24.3 Å². The first-order chi connectivity index (χ1) is 12.3. The van der Waals surface area contributed by atoms with E-state index in [2.05, 4.69) is 5.32 Å². The Morgan fingerprint density at radius 1 is 1.38 bits per heavy atom. The summed E-state index contributed by atoms with van der Waals surface area (Å²) in [6.07, 6.45) is 2.62. The van der Waals surface area contributed by atoms with Crippen molar-refractivity contribution in [1.82, 2.24) is 0 Å². The molecule has 4 N–H and O–H groups in total. The highest BCUT2D eigenvalue weighted by atomic mass is 16.5. The predicted octanol–water partition coefficient (Wildman–Crippen LogP) is 2.52. The van der Waals surface area contributed by atoms with Gasteiger partial charge in [-0.05, 0) is 32.3 Å². The summed E-state index contributed by atoms with van der Waals surface area (Å²) < 4.78 is 10.6. The monoisotopic (exact) mass is 362 g/mol. The number of rotatable bonds is 7. The summed E-state index contributed by atoms with van der Waals surface area (Å²) in [6, 6.07) is -0.800. The van der Waals surface area contributed by atoms with E-state index in [1.54, 1.807) is 0 Å². The second-order valence-corrected chi connectivity index (χ2v) is 6.08. The molecule has 0 atom stereocenters. The molecular formula is C18H22N2O6. The highest BCUT2D eigenvalue weighted by Crippen LogP contribution is 2.41. The highest BCUT2D eigenvalue weighted by Gasteiger charge is 2.32. The van der Waals surface area contributed by atoms with Crippen LogP contribution < -0.4 is 15.8 Å². The van der Waals surface area contributed by atoms with E-state index >= 15 is 0 Å². The number of carboxylic acids is 1. The molecule has 0 aromatic heterocycles. The number of carbonyl (C=O) groups excluding carboxylic acids is 2. The summed E-state index contributed by atoms with van der Waals surface area (Å²) in [7, 11) is 1.50. The number of carbonyl (C=O) groups is 3. The maximum absolute atomic E-state index is 12.2. The lowest BCUT2D eigenvalue weighted by Gasteiger charge is -2.19. The molecule has 0 unspecified atom stereocenters. The van der Waals surface area contributed by atoms with Gasteiger partial charge in [-0.3, -0.25) is 4.79 Å². The van der Waals surface area contributed by atoms with Crippen LogP contribution in [0.2, 0.25) is 0 Å². The van der Waals surface area contributed by atoms with Gasteiger partial charge in [-0.25, -0.2) is 9.59 Å². The Kier molecular flexibility index (Phi) is 5.86. The minimum absolute atomic E-state index is 0.0292. The number of esters is 1. The Hall–Kier alpha value is -3.03. The number of anilines is 1. The number of fused-ring (bicyclic) bond motifs is 1. The van der Waals surface area contributed by atoms with Crippen molar-refractivity contribution in [1.29, 1.82) is 0 Å². The number of cyclic esters (lactones) is 1. The number of allylic oxidation sites excluding steroid dienone is 2. The van der Waals surface area contributed by atoms with Crippen molar-refractivity contribution in [2.24, 2.45) is 5.73 Å². The van der Waals surface area contributed by atoms with Gasteiger partial charge in [0.05, 0.1) is 18.4 Å². The molecular weight excluding hydrogens is 340 g/mol. The smallest absolute Gasteiger partial charge is 0.341 e. The number of carboxylic acid groups (broad SMARTS) is 1. The molecule has 0 radical (unpaired) electrons. The third-order valence-electron chi connectivity index (χ3n) is 4.31. The number of urea groups is 1. The zero-order valence-electron chi connectivity index (χ0n) is 15.0. The van der Waals surface area contributed by atoms with E-state index < -0.39 is 18.0 Å². The summed E-state index contributed by atoms with van der Waals surface area (Å²) in [4.78, 5) is 34.3. The van der Waals surface area contributed by atoms with Crippen LogP contribution >= 0.6 is 0 Å². The van der Waals surface area contributed by atoms with Crippen LogP contribution in [0, 0.1) is 6.92 Å². The van der Waals surface area contributed by atoms with E-state index in [1.807, 2.05) is 19.9 Å². The zero-order chi connectivity index (χ0) is 19.4. The Morgan fingerprint density at radius 3 is 2.65 bits per heavy atom. The average Bonchev–Trinajstić information content (AvgIpc) is 2.95. The van der Waals surface area contributed by atoms with Gasteiger partial charge in [0.25, 0.3) is 0 Å². The van der Waals surface area contributed by atoms with Crippen LogP contribution in [-0.4, -0.2) is 30.2 Å². The number of aliphatic carboxylic acids is 1. The molecule has 0 saturated heterocycles. The predicted molar refractivity (Wildman–Crippen MR) is 94.4 cm³/mol. The van der Waals surface area contributed by atoms with Crippen LogP contribution in [0.1, 0.15) is 46.8 Å². The molecule has 8 nitrogen and oxygen atoms in total. The molecule has 2 amide bonds. The molecule has 1 aliphatic rings. The van der Waals surface area contributed by atoms with Crippen LogP contribution in [-0.2, 0) is 22.6 Å². The number of ether oxygens (including phenoxy) is 2. The maximum Gasteiger partial charge on any atom is 0.341 e. The van der Waals surface area contributed by atoms with Crippen LogP contribution in [0.5, 0.6) is 5.75 Å². The minimum atomic E-state index is -0.873. The summed E-state index contributed by atoms with van der Waals surface area (Å²) in [5.41, 5.74) is 8.73. The van der Waals surface area contributed by atoms with Crippen LogP contribution in [0.15, 0.2) is 11.6 Å². The number of nitrogens with one attached hydrogen (secondary N) is 1. The third kappa shape index (κ3) is 3.96. The average molecular weight is 362 g/mol. The number of amides is 2. The Labute approximate surface area is 151 Å². The van der Waals surface area contributed by atoms with Crippen molar-refractivity contribution >= 4 is 23.7 Å². The Morgan fingerprint density at radius 2 is 2.08 bits per heavy atom. The number of nitrogens with two attached hydrogens (primary N) is 1. The zero-order valence-corrected chi connectivity index (χ0v) is 15.0. The summed E-state index contributed by atoms with van der Waals surface area (Å²) in [5.74, 6) is -0.863. The topological polar surface area (TPSA) is 128 Å². The lowest BCUT2D eigenvalue weighted by molar-refractivity contribution is -0.136. The molecule has 1 aliphatic heterocycles. The van der Waals surface area contributed by atoms with Crippen LogP contribution in [0.25, 0.3) is 0 Å². The number of hydrogen-bond acceptors (Lipinski definition) is 5. The summed E-state index contributed by atoms with van der Waals surface area (Å²) in [6.45, 7) is 3.75. The second-order valence-electron chi connectivity index (χ2n) is 6.08. The Bertz CT molecular complexity index is 798. The number of primary amides is 1. The molecule has 1 aromatic rings. The van der Waals surface area contributed by atoms with Crippen molar-refractivity contribution in [3.63, 3.8) is 0 Å². The van der Waals surface area contributed by atoms with E-state index in [0.717, 1.165) is 11.1 Å². The number of benzene rings is 1. The van der Waals surface area contributed by atoms with Crippen molar-refractivity contribution in [2.45, 2.75) is 39.7 Å². The lowest BCUT2D eigenvalue weighted by atomic mass is 9.93. The van der Waals surface area contributed by atoms with Gasteiger partial charge < -0.3 is 25.6 Å². The van der Waals surface area contributed by atoms with Crippen molar-refractivity contribution in [3.05, 3.63) is 33.9 Å². The van der Waals surface area contributed by atoms with E-state index in [9.17, 15) is 14.4 Å². The molecule has 8 heteroatoms. The van der Waals surface area contributed by atoms with Gasteiger partial charge in [0.15, 0.2) is 0 Å². The van der Waals surface area contributed by atoms with Crippen molar-refractivity contribution in [2.75, 3.05) is 12.4 Å².